The molecule has 0 aliphatic rings. The molecule has 2 N–H and O–H groups in total. The van der Waals surface area contributed by atoms with Crippen LogP contribution in [0.5, 0.6) is 11.5 Å². The molecule has 0 amide bonds. The average molecular weight is 271 g/mol. The van der Waals surface area contributed by atoms with E-state index in [0.29, 0.717) is 24.5 Å². The summed E-state index contributed by atoms with van der Waals surface area (Å²) >= 11 is 0. The van der Waals surface area contributed by atoms with Gasteiger partial charge in [0.1, 0.15) is 11.5 Å². The highest BCUT2D eigenvalue weighted by Crippen LogP contribution is 2.22. The van der Waals surface area contributed by atoms with Crippen LogP contribution in [0.2, 0.25) is 0 Å². The number of hydrogen-bond donors (Lipinski definition) is 1. The van der Waals surface area contributed by atoms with Gasteiger partial charge in [-0.05, 0) is 48.9 Å². The topological polar surface area (TPSA) is 61.5 Å². The number of carbonyl (C=O) groups is 1. The molecule has 2 aromatic carbocycles. The summed E-state index contributed by atoms with van der Waals surface area (Å²) in [6, 6.07) is 14.4. The highest BCUT2D eigenvalue weighted by atomic mass is 16.5. The van der Waals surface area contributed by atoms with Crippen molar-refractivity contribution in [3.63, 3.8) is 0 Å². The molecule has 0 atom stereocenters. The number of nitrogens with two attached hydrogens (primary N) is 1. The minimum absolute atomic E-state index is 0.327. The Bertz CT molecular complexity index is 561. The Morgan fingerprint density at radius 1 is 1.00 bits per heavy atom. The van der Waals surface area contributed by atoms with Crippen LogP contribution >= 0.6 is 0 Å². The lowest BCUT2D eigenvalue weighted by atomic mass is 10.2. The molecule has 0 saturated heterocycles. The largest absolute Gasteiger partial charge is 0.462 e. The van der Waals surface area contributed by atoms with Crippen LogP contribution in [0.15, 0.2) is 48.5 Å². The van der Waals surface area contributed by atoms with E-state index in [1.807, 2.05) is 24.3 Å². The van der Waals surface area contributed by atoms with Gasteiger partial charge >= 0.3 is 5.97 Å². The molecule has 104 valence electrons. The van der Waals surface area contributed by atoms with Crippen molar-refractivity contribution in [2.75, 3.05) is 6.61 Å². The first kappa shape index (κ1) is 14.1. The summed E-state index contributed by atoms with van der Waals surface area (Å²) < 4.78 is 10.6. The van der Waals surface area contributed by atoms with Gasteiger partial charge < -0.3 is 15.2 Å². The van der Waals surface area contributed by atoms with Crippen molar-refractivity contribution < 1.29 is 14.3 Å². The summed E-state index contributed by atoms with van der Waals surface area (Å²) in [7, 11) is 0. The fourth-order valence-corrected chi connectivity index (χ4v) is 1.70. The van der Waals surface area contributed by atoms with Gasteiger partial charge in [0.2, 0.25) is 0 Å². The SMILES string of the molecule is CCOC(=O)c1ccc(Oc2ccc(CN)cc2)cc1. The van der Waals surface area contributed by atoms with Gasteiger partial charge in [-0.25, -0.2) is 4.79 Å². The molecule has 0 saturated carbocycles. The highest BCUT2D eigenvalue weighted by Gasteiger charge is 2.06. The number of ether oxygens (including phenoxy) is 2. The van der Waals surface area contributed by atoms with Gasteiger partial charge in [0, 0.05) is 6.54 Å². The molecule has 0 heterocycles. The van der Waals surface area contributed by atoms with Gasteiger partial charge in [0.05, 0.1) is 12.2 Å². The van der Waals surface area contributed by atoms with E-state index in [0.717, 1.165) is 11.3 Å². The van der Waals surface area contributed by atoms with Crippen molar-refractivity contribution in [2.45, 2.75) is 13.5 Å². The standard InChI is InChI=1S/C16H17NO3/c1-2-19-16(18)13-5-9-15(10-6-13)20-14-7-3-12(11-17)4-8-14/h3-10H,2,11,17H2,1H3. The van der Waals surface area contributed by atoms with E-state index in [9.17, 15) is 4.79 Å². The van der Waals surface area contributed by atoms with Crippen LogP contribution in [0.4, 0.5) is 0 Å². The van der Waals surface area contributed by atoms with Gasteiger partial charge in [0.25, 0.3) is 0 Å². The lowest BCUT2D eigenvalue weighted by Crippen LogP contribution is -2.04. The van der Waals surface area contributed by atoms with E-state index in [-0.39, 0.29) is 5.97 Å². The maximum absolute atomic E-state index is 11.5. The molecule has 0 aromatic heterocycles. The number of carbonyl (C=O) groups excluding carboxylic acids is 1. The van der Waals surface area contributed by atoms with Gasteiger partial charge in [-0.2, -0.15) is 0 Å². The number of hydrogen-bond acceptors (Lipinski definition) is 4. The number of esters is 1. The monoisotopic (exact) mass is 271 g/mol. The fourth-order valence-electron chi connectivity index (χ4n) is 1.70. The lowest BCUT2D eigenvalue weighted by molar-refractivity contribution is 0.0526. The molecule has 20 heavy (non-hydrogen) atoms. The molecular weight excluding hydrogens is 254 g/mol. The third-order valence-electron chi connectivity index (χ3n) is 2.76. The van der Waals surface area contributed by atoms with Crippen molar-refractivity contribution >= 4 is 5.97 Å². The zero-order valence-electron chi connectivity index (χ0n) is 11.3. The van der Waals surface area contributed by atoms with Crippen LogP contribution in [-0.4, -0.2) is 12.6 Å². The molecule has 0 bridgehead atoms. The summed E-state index contributed by atoms with van der Waals surface area (Å²) in [5.74, 6) is 1.07. The molecule has 4 heteroatoms. The Kier molecular flexibility index (Phi) is 4.74. The zero-order chi connectivity index (χ0) is 14.4. The van der Waals surface area contributed by atoms with Crippen LogP contribution < -0.4 is 10.5 Å². The first-order valence-electron chi connectivity index (χ1n) is 6.47. The predicted octanol–water partition coefficient (Wildman–Crippen LogP) is 3.11. The van der Waals surface area contributed by atoms with E-state index < -0.39 is 0 Å². The smallest absolute Gasteiger partial charge is 0.338 e. The third-order valence-corrected chi connectivity index (χ3v) is 2.76. The Labute approximate surface area is 118 Å². The van der Waals surface area contributed by atoms with Crippen LogP contribution in [0.3, 0.4) is 0 Å². The van der Waals surface area contributed by atoms with E-state index in [1.165, 1.54) is 0 Å². The summed E-state index contributed by atoms with van der Waals surface area (Å²) in [4.78, 5) is 11.5. The Morgan fingerprint density at radius 2 is 1.55 bits per heavy atom. The van der Waals surface area contributed by atoms with Crippen LogP contribution in [0.25, 0.3) is 0 Å². The maximum atomic E-state index is 11.5. The van der Waals surface area contributed by atoms with E-state index in [2.05, 4.69) is 0 Å². The minimum Gasteiger partial charge on any atom is -0.462 e. The molecule has 4 nitrogen and oxygen atoms in total. The van der Waals surface area contributed by atoms with E-state index >= 15 is 0 Å². The normalized spacial score (nSPS) is 10.1. The van der Waals surface area contributed by atoms with E-state index in [4.69, 9.17) is 15.2 Å². The molecule has 0 fully saturated rings. The van der Waals surface area contributed by atoms with Gasteiger partial charge in [-0.1, -0.05) is 12.1 Å². The van der Waals surface area contributed by atoms with Gasteiger partial charge in [-0.15, -0.1) is 0 Å². The Hall–Kier alpha value is -2.33. The molecule has 0 aliphatic carbocycles. The summed E-state index contributed by atoms with van der Waals surface area (Å²) in [5, 5.41) is 0. The molecule has 2 aromatic rings. The second kappa shape index (κ2) is 6.73. The second-order valence-electron chi connectivity index (χ2n) is 4.19. The van der Waals surface area contributed by atoms with Crippen LogP contribution in [-0.2, 0) is 11.3 Å². The van der Waals surface area contributed by atoms with Crippen molar-refractivity contribution in [3.05, 3.63) is 59.7 Å². The van der Waals surface area contributed by atoms with Crippen molar-refractivity contribution in [1.29, 1.82) is 0 Å². The predicted molar refractivity (Wildman–Crippen MR) is 76.8 cm³/mol. The number of benzene rings is 2. The molecule has 0 radical (unpaired) electrons. The highest BCUT2D eigenvalue weighted by molar-refractivity contribution is 5.89. The lowest BCUT2D eigenvalue weighted by Gasteiger charge is -2.07. The first-order valence-corrected chi connectivity index (χ1v) is 6.47. The molecular formula is C16H17NO3. The minimum atomic E-state index is -0.327. The van der Waals surface area contributed by atoms with Gasteiger partial charge in [0.15, 0.2) is 0 Å². The van der Waals surface area contributed by atoms with Crippen molar-refractivity contribution in [1.82, 2.24) is 0 Å². The summed E-state index contributed by atoms with van der Waals surface area (Å²) in [5.41, 5.74) is 7.10. The molecule has 0 unspecified atom stereocenters. The molecule has 2 rings (SSSR count). The Balaban J connectivity index is 2.04. The van der Waals surface area contributed by atoms with Crippen molar-refractivity contribution in [2.24, 2.45) is 5.73 Å². The average Bonchev–Trinajstić information content (AvgIpc) is 2.49. The van der Waals surface area contributed by atoms with Gasteiger partial charge in [-0.3, -0.25) is 0 Å². The first-order chi connectivity index (χ1) is 9.72. The fraction of sp³-hybridized carbons (Fsp3) is 0.188. The second-order valence-corrected chi connectivity index (χ2v) is 4.19. The molecule has 0 aliphatic heterocycles. The third kappa shape index (κ3) is 3.59. The van der Waals surface area contributed by atoms with Crippen LogP contribution in [0, 0.1) is 0 Å². The summed E-state index contributed by atoms with van der Waals surface area (Å²) in [6.07, 6.45) is 0. The van der Waals surface area contributed by atoms with Crippen molar-refractivity contribution in [3.8, 4) is 11.5 Å². The van der Waals surface area contributed by atoms with E-state index in [1.54, 1.807) is 31.2 Å². The zero-order valence-corrected chi connectivity index (χ0v) is 11.3. The quantitative estimate of drug-likeness (QED) is 0.849. The number of rotatable bonds is 5. The Morgan fingerprint density at radius 3 is 2.05 bits per heavy atom. The van der Waals surface area contributed by atoms with Crippen LogP contribution in [0.1, 0.15) is 22.8 Å². The summed E-state index contributed by atoms with van der Waals surface area (Å²) in [6.45, 7) is 2.65. The maximum Gasteiger partial charge on any atom is 0.338 e. The molecule has 0 spiro atoms.